The van der Waals surface area contributed by atoms with Crippen LogP contribution in [0.2, 0.25) is 0 Å². The summed E-state index contributed by atoms with van der Waals surface area (Å²) < 4.78 is 0. The highest BCUT2D eigenvalue weighted by molar-refractivity contribution is 5.90. The third kappa shape index (κ3) is 4.01. The number of nitrogens with zero attached hydrogens (tertiary/aromatic N) is 6. The molecule has 1 aromatic carbocycles. The van der Waals surface area contributed by atoms with Crippen molar-refractivity contribution in [3.63, 3.8) is 0 Å². The molecule has 0 fully saturated rings. The molecule has 2 aliphatic heterocycles. The van der Waals surface area contributed by atoms with Crippen LogP contribution in [0.3, 0.4) is 0 Å². The first-order chi connectivity index (χ1) is 19.4. The van der Waals surface area contributed by atoms with Gasteiger partial charge in [0.2, 0.25) is 0 Å². The van der Waals surface area contributed by atoms with Gasteiger partial charge in [0.25, 0.3) is 0 Å². The van der Waals surface area contributed by atoms with Crippen molar-refractivity contribution >= 4 is 52.0 Å². The van der Waals surface area contributed by atoms with Crippen molar-refractivity contribution in [2.45, 2.75) is 27.7 Å². The number of aryl methyl sites for hydroxylation is 1. The summed E-state index contributed by atoms with van der Waals surface area (Å²) >= 11 is 0. The Morgan fingerprint density at radius 1 is 0.625 bits per heavy atom. The monoisotopic (exact) mass is 524 g/mol. The molecule has 8 heteroatoms. The normalized spacial score (nSPS) is 12.9. The van der Waals surface area contributed by atoms with Gasteiger partial charge in [-0.25, -0.2) is 29.9 Å². The van der Waals surface area contributed by atoms with Crippen molar-refractivity contribution in [1.82, 2.24) is 39.9 Å². The Morgan fingerprint density at radius 3 is 1.75 bits per heavy atom. The molecule has 0 unspecified atom stereocenters. The van der Waals surface area contributed by atoms with E-state index in [9.17, 15) is 0 Å². The van der Waals surface area contributed by atoms with E-state index >= 15 is 0 Å². The van der Waals surface area contributed by atoms with E-state index in [2.05, 4.69) is 23.1 Å². The zero-order chi connectivity index (χ0) is 28.0. The average Bonchev–Trinajstić information content (AvgIpc) is 3.63. The Morgan fingerprint density at radius 2 is 1.15 bits per heavy atom. The summed E-state index contributed by atoms with van der Waals surface area (Å²) in [5, 5.41) is 0. The maximum Gasteiger partial charge on any atom is 0.164 e. The SMILES string of the molecule is C=C/C=C\c1c(C)c2nc3nc(nc4[nH]c(nc5nc(nc1[nH]2)-c1ccccc1-5)c(/C=C\C)c4C=C)C(C)=C3C. The second kappa shape index (κ2) is 9.81. The molecule has 0 saturated heterocycles. The molecule has 2 N–H and O–H groups in total. The Balaban J connectivity index is 1.84. The maximum absolute atomic E-state index is 4.99. The van der Waals surface area contributed by atoms with Gasteiger partial charge >= 0.3 is 0 Å². The molecule has 0 atom stereocenters. The number of nitrogens with one attached hydrogen (secondary N) is 2. The third-order valence-corrected chi connectivity index (χ3v) is 7.16. The van der Waals surface area contributed by atoms with Gasteiger partial charge in [0, 0.05) is 44.5 Å². The Labute approximate surface area is 231 Å². The molecule has 40 heavy (non-hydrogen) atoms. The lowest BCUT2D eigenvalue weighted by Gasteiger charge is -1.97. The molecule has 8 nitrogen and oxygen atoms in total. The second-order valence-corrected chi connectivity index (χ2v) is 9.57. The van der Waals surface area contributed by atoms with Gasteiger partial charge in [-0.15, -0.1) is 0 Å². The summed E-state index contributed by atoms with van der Waals surface area (Å²) in [5.41, 5.74) is 9.83. The smallest absolute Gasteiger partial charge is 0.164 e. The number of allylic oxidation sites excluding steroid dienone is 5. The van der Waals surface area contributed by atoms with E-state index in [1.54, 1.807) is 12.2 Å². The van der Waals surface area contributed by atoms with Crippen LogP contribution in [0.25, 0.3) is 74.7 Å². The molecule has 8 bridgehead atoms. The molecule has 0 aliphatic carbocycles. The first kappa shape index (κ1) is 25.1. The molecule has 0 spiro atoms. The number of hydrogen-bond acceptors (Lipinski definition) is 6. The van der Waals surface area contributed by atoms with Crippen molar-refractivity contribution in [3.05, 3.63) is 89.6 Å². The maximum atomic E-state index is 4.99. The first-order valence-corrected chi connectivity index (χ1v) is 13.0. The van der Waals surface area contributed by atoms with Crippen LogP contribution in [0, 0.1) is 6.92 Å². The van der Waals surface area contributed by atoms with Crippen molar-refractivity contribution in [3.8, 4) is 22.8 Å². The van der Waals surface area contributed by atoms with E-state index < -0.39 is 0 Å². The molecular formula is C32H28N8. The molecule has 5 heterocycles. The van der Waals surface area contributed by atoms with Crippen molar-refractivity contribution in [1.29, 1.82) is 0 Å². The quantitative estimate of drug-likeness (QED) is 0.238. The Bertz CT molecular complexity index is 1980. The predicted octanol–water partition coefficient (Wildman–Crippen LogP) is 7.36. The van der Waals surface area contributed by atoms with Gasteiger partial charge < -0.3 is 9.97 Å². The molecule has 3 aromatic heterocycles. The minimum atomic E-state index is 0.563. The lowest BCUT2D eigenvalue weighted by molar-refractivity contribution is 1.11. The summed E-state index contributed by atoms with van der Waals surface area (Å²) in [4.78, 5) is 36.3. The summed E-state index contributed by atoms with van der Waals surface area (Å²) in [6.07, 6.45) is 11.3. The largest absolute Gasteiger partial charge is 0.324 e. The highest BCUT2D eigenvalue weighted by Crippen LogP contribution is 2.34. The molecular weight excluding hydrogens is 496 g/mol. The van der Waals surface area contributed by atoms with Crippen LogP contribution in [-0.4, -0.2) is 39.9 Å². The Hall–Kier alpha value is -5.24. The zero-order valence-electron chi connectivity index (χ0n) is 22.9. The summed E-state index contributed by atoms with van der Waals surface area (Å²) in [6, 6.07) is 7.97. The number of aromatic amines is 2. The number of H-pyrrole nitrogens is 2. The van der Waals surface area contributed by atoms with Crippen LogP contribution in [0.5, 0.6) is 0 Å². The highest BCUT2D eigenvalue weighted by atomic mass is 15.1. The van der Waals surface area contributed by atoms with Crippen molar-refractivity contribution in [2.24, 2.45) is 0 Å². The minimum Gasteiger partial charge on any atom is -0.324 e. The molecule has 6 rings (SSSR count). The first-order valence-electron chi connectivity index (χ1n) is 13.0. The van der Waals surface area contributed by atoms with Gasteiger partial charge in [-0.05, 0) is 27.7 Å². The molecule has 0 saturated carbocycles. The van der Waals surface area contributed by atoms with Crippen LogP contribution in [0.15, 0.2) is 55.7 Å². The molecule has 0 radical (unpaired) electrons. The fraction of sp³-hybridized carbons (Fsp3) is 0.125. The molecule has 0 amide bonds. The topological polar surface area (TPSA) is 109 Å². The fourth-order valence-corrected chi connectivity index (χ4v) is 4.88. The number of hydrogen-bond donors (Lipinski definition) is 2. The van der Waals surface area contributed by atoms with Gasteiger partial charge in [-0.1, -0.05) is 73.9 Å². The third-order valence-electron chi connectivity index (χ3n) is 7.16. The van der Waals surface area contributed by atoms with Crippen molar-refractivity contribution in [2.75, 3.05) is 0 Å². The standard InChI is InChI=1S/C32H28N8/c1-7-10-14-21-19(6)27-34-25-17(4)18(5)26(33-25)35-28-20(9-3)22(13-8-2)30(37-28)39-32-24-16-12-11-15-23(24)31(40-32)38-29(21)36-27/h7-16H,1,3H2,2,4-6H3,(H2,33,34,35,36,37,38,39,40)/b13-8-,14-10-. The van der Waals surface area contributed by atoms with E-state index in [4.69, 9.17) is 29.9 Å². The molecule has 196 valence electrons. The highest BCUT2D eigenvalue weighted by Gasteiger charge is 2.21. The van der Waals surface area contributed by atoms with Gasteiger partial charge in [0.15, 0.2) is 23.3 Å². The average molecular weight is 525 g/mol. The van der Waals surface area contributed by atoms with Crippen LogP contribution < -0.4 is 0 Å². The summed E-state index contributed by atoms with van der Waals surface area (Å²) in [5.74, 6) is 2.32. The molecule has 2 aliphatic rings. The zero-order valence-corrected chi connectivity index (χ0v) is 22.9. The predicted molar refractivity (Wildman–Crippen MR) is 164 cm³/mol. The van der Waals surface area contributed by atoms with Gasteiger partial charge in [-0.2, -0.15) is 0 Å². The van der Waals surface area contributed by atoms with Gasteiger partial charge in [0.1, 0.15) is 22.6 Å². The number of aromatic nitrogens is 8. The van der Waals surface area contributed by atoms with Crippen LogP contribution in [-0.2, 0) is 0 Å². The second-order valence-electron chi connectivity index (χ2n) is 9.57. The summed E-state index contributed by atoms with van der Waals surface area (Å²) in [7, 11) is 0. The number of benzene rings is 1. The van der Waals surface area contributed by atoms with Crippen molar-refractivity contribution < 1.29 is 0 Å². The Kier molecular flexibility index (Phi) is 6.15. The minimum absolute atomic E-state index is 0.563. The van der Waals surface area contributed by atoms with E-state index in [0.29, 0.717) is 45.9 Å². The van der Waals surface area contributed by atoms with E-state index in [1.165, 1.54) is 0 Å². The summed E-state index contributed by atoms with van der Waals surface area (Å²) in [6.45, 7) is 15.9. The van der Waals surface area contributed by atoms with E-state index in [1.807, 2.05) is 76.3 Å². The number of rotatable bonds is 4. The fourth-order valence-electron chi connectivity index (χ4n) is 4.88. The van der Waals surface area contributed by atoms with E-state index in [0.717, 1.165) is 44.5 Å². The van der Waals surface area contributed by atoms with Crippen LogP contribution in [0.4, 0.5) is 0 Å². The number of fused-ring (bicyclic) bond motifs is 11. The lowest BCUT2D eigenvalue weighted by atomic mass is 10.1. The van der Waals surface area contributed by atoms with Gasteiger partial charge in [0.05, 0.1) is 0 Å². The molecule has 4 aromatic rings. The lowest BCUT2D eigenvalue weighted by Crippen LogP contribution is -1.87. The van der Waals surface area contributed by atoms with E-state index in [-0.39, 0.29) is 0 Å². The van der Waals surface area contributed by atoms with Gasteiger partial charge in [-0.3, -0.25) is 0 Å². The van der Waals surface area contributed by atoms with Crippen LogP contribution >= 0.6 is 0 Å². The van der Waals surface area contributed by atoms with Crippen LogP contribution in [0.1, 0.15) is 54.7 Å².